The van der Waals surface area contributed by atoms with Crippen molar-refractivity contribution in [2.75, 3.05) is 6.54 Å². The van der Waals surface area contributed by atoms with Crippen LogP contribution in [0.5, 0.6) is 0 Å². The lowest BCUT2D eigenvalue weighted by Crippen LogP contribution is -2.44. The smallest absolute Gasteiger partial charge is 0.0503 e. The zero-order chi connectivity index (χ0) is 14.8. The van der Waals surface area contributed by atoms with Crippen LogP contribution < -0.4 is 5.32 Å². The molecule has 20 heavy (non-hydrogen) atoms. The van der Waals surface area contributed by atoms with Crippen LogP contribution in [0.25, 0.3) is 0 Å². The van der Waals surface area contributed by atoms with Gasteiger partial charge < -0.3 is 5.32 Å². The van der Waals surface area contributed by atoms with Gasteiger partial charge in [0.15, 0.2) is 0 Å². The van der Waals surface area contributed by atoms with Gasteiger partial charge in [-0.25, -0.2) is 0 Å². The quantitative estimate of drug-likeness (QED) is 0.833. The molecule has 0 aromatic heterocycles. The lowest BCUT2D eigenvalue weighted by atomic mass is 9.97. The van der Waals surface area contributed by atoms with Crippen molar-refractivity contribution in [1.29, 1.82) is 0 Å². The molecule has 120 valence electrons. The van der Waals surface area contributed by atoms with Gasteiger partial charge in [-0.2, -0.15) is 0 Å². The molecule has 0 saturated heterocycles. The summed E-state index contributed by atoms with van der Waals surface area (Å²) in [6.07, 6.45) is 13.1. The van der Waals surface area contributed by atoms with Gasteiger partial charge in [-0.3, -0.25) is 4.21 Å². The standard InChI is InChI=1S/C17H35NOS/c1-4-18-16-13-11-9-7-5-6-8-10-12-14-17(16)20(19)15(2)3/h15-18H,4-14H2,1-3H3. The summed E-state index contributed by atoms with van der Waals surface area (Å²) in [7, 11) is -0.694. The lowest BCUT2D eigenvalue weighted by molar-refractivity contribution is 0.413. The van der Waals surface area contributed by atoms with Crippen molar-refractivity contribution in [2.24, 2.45) is 0 Å². The van der Waals surface area contributed by atoms with Crippen molar-refractivity contribution in [3.63, 3.8) is 0 Å². The Morgan fingerprint density at radius 1 is 0.950 bits per heavy atom. The highest BCUT2D eigenvalue weighted by Gasteiger charge is 2.27. The molecule has 0 aromatic carbocycles. The second-order valence-corrected chi connectivity index (χ2v) is 8.69. The average molecular weight is 302 g/mol. The Hall–Kier alpha value is 0.110. The summed E-state index contributed by atoms with van der Waals surface area (Å²) < 4.78 is 12.7. The maximum atomic E-state index is 12.7. The highest BCUT2D eigenvalue weighted by Crippen LogP contribution is 2.22. The van der Waals surface area contributed by atoms with Gasteiger partial charge in [0, 0.05) is 22.1 Å². The molecular weight excluding hydrogens is 266 g/mol. The summed E-state index contributed by atoms with van der Waals surface area (Å²) in [6.45, 7) is 7.38. The molecule has 0 aromatic rings. The van der Waals surface area contributed by atoms with Crippen LogP contribution in [0.4, 0.5) is 0 Å². The van der Waals surface area contributed by atoms with Gasteiger partial charge in [0.05, 0.1) is 5.25 Å². The maximum Gasteiger partial charge on any atom is 0.0503 e. The van der Waals surface area contributed by atoms with Gasteiger partial charge in [-0.1, -0.05) is 72.1 Å². The third-order valence-electron chi connectivity index (χ3n) is 4.43. The summed E-state index contributed by atoms with van der Waals surface area (Å²) >= 11 is 0. The first-order valence-electron chi connectivity index (χ1n) is 8.79. The van der Waals surface area contributed by atoms with Crippen molar-refractivity contribution in [3.8, 4) is 0 Å². The number of rotatable bonds is 4. The Bertz CT molecular complexity index is 268. The highest BCUT2D eigenvalue weighted by molar-refractivity contribution is 7.86. The Morgan fingerprint density at radius 2 is 1.45 bits per heavy atom. The lowest BCUT2D eigenvalue weighted by Gasteiger charge is -2.29. The number of hydrogen-bond acceptors (Lipinski definition) is 2. The third kappa shape index (κ3) is 6.71. The van der Waals surface area contributed by atoms with Crippen molar-refractivity contribution < 1.29 is 4.21 Å². The molecule has 0 bridgehead atoms. The van der Waals surface area contributed by atoms with Crippen LogP contribution in [0.3, 0.4) is 0 Å². The van der Waals surface area contributed by atoms with Gasteiger partial charge >= 0.3 is 0 Å². The molecule has 0 radical (unpaired) electrons. The van der Waals surface area contributed by atoms with E-state index >= 15 is 0 Å². The Labute approximate surface area is 128 Å². The van der Waals surface area contributed by atoms with E-state index in [-0.39, 0.29) is 5.25 Å². The minimum absolute atomic E-state index is 0.286. The van der Waals surface area contributed by atoms with E-state index in [2.05, 4.69) is 26.1 Å². The molecule has 3 unspecified atom stereocenters. The van der Waals surface area contributed by atoms with Crippen LogP contribution in [0.15, 0.2) is 0 Å². The largest absolute Gasteiger partial charge is 0.313 e. The first-order chi connectivity index (χ1) is 9.66. The van der Waals surface area contributed by atoms with Gasteiger partial charge in [0.1, 0.15) is 0 Å². The van der Waals surface area contributed by atoms with Crippen molar-refractivity contribution in [3.05, 3.63) is 0 Å². The molecule has 0 spiro atoms. The van der Waals surface area contributed by atoms with E-state index in [0.717, 1.165) is 13.0 Å². The zero-order valence-electron chi connectivity index (χ0n) is 13.8. The van der Waals surface area contributed by atoms with Gasteiger partial charge in [-0.15, -0.1) is 0 Å². The van der Waals surface area contributed by atoms with Crippen LogP contribution in [-0.2, 0) is 10.8 Å². The molecule has 1 aliphatic rings. The molecule has 3 heteroatoms. The van der Waals surface area contributed by atoms with E-state index in [1.807, 2.05) is 0 Å². The Kier molecular flexibility index (Phi) is 9.79. The topological polar surface area (TPSA) is 29.1 Å². The molecular formula is C17H35NOS. The third-order valence-corrected chi connectivity index (χ3v) is 6.52. The second kappa shape index (κ2) is 10.8. The molecule has 0 amide bonds. The maximum absolute atomic E-state index is 12.7. The fraction of sp³-hybridized carbons (Fsp3) is 1.00. The molecule has 0 aliphatic heterocycles. The van der Waals surface area contributed by atoms with Crippen LogP contribution in [-0.4, -0.2) is 27.3 Å². The van der Waals surface area contributed by atoms with Crippen LogP contribution >= 0.6 is 0 Å². The van der Waals surface area contributed by atoms with E-state index in [1.54, 1.807) is 0 Å². The Morgan fingerprint density at radius 3 is 1.95 bits per heavy atom. The monoisotopic (exact) mass is 301 g/mol. The van der Waals surface area contributed by atoms with E-state index in [1.165, 1.54) is 57.8 Å². The van der Waals surface area contributed by atoms with Gasteiger partial charge in [0.2, 0.25) is 0 Å². The average Bonchev–Trinajstić information content (AvgIpc) is 2.41. The summed E-state index contributed by atoms with van der Waals surface area (Å²) in [5, 5.41) is 4.27. The molecule has 1 aliphatic carbocycles. The van der Waals surface area contributed by atoms with E-state index in [9.17, 15) is 4.21 Å². The predicted octanol–water partition coefficient (Wildman–Crippen LogP) is 4.40. The van der Waals surface area contributed by atoms with E-state index in [4.69, 9.17) is 0 Å². The fourth-order valence-corrected chi connectivity index (χ4v) is 4.94. The molecule has 3 atom stereocenters. The number of hydrogen-bond donors (Lipinski definition) is 1. The minimum atomic E-state index is -0.694. The zero-order valence-corrected chi connectivity index (χ0v) is 14.6. The molecule has 1 saturated carbocycles. The predicted molar refractivity (Wildman–Crippen MR) is 90.7 cm³/mol. The molecule has 0 heterocycles. The first kappa shape index (κ1) is 18.2. The number of nitrogens with one attached hydrogen (secondary N) is 1. The molecule has 1 rings (SSSR count). The Balaban J connectivity index is 2.68. The summed E-state index contributed by atoms with van der Waals surface area (Å²) in [5.41, 5.74) is 0. The minimum Gasteiger partial charge on any atom is -0.313 e. The van der Waals surface area contributed by atoms with Crippen molar-refractivity contribution >= 4 is 10.8 Å². The second-order valence-electron chi connectivity index (χ2n) is 6.49. The summed E-state index contributed by atoms with van der Waals surface area (Å²) in [5.74, 6) is 0. The van der Waals surface area contributed by atoms with Gasteiger partial charge in [-0.05, 0) is 19.4 Å². The van der Waals surface area contributed by atoms with Crippen molar-refractivity contribution in [1.82, 2.24) is 5.32 Å². The molecule has 1 fully saturated rings. The van der Waals surface area contributed by atoms with Crippen molar-refractivity contribution in [2.45, 2.75) is 102 Å². The normalized spacial score (nSPS) is 28.6. The summed E-state index contributed by atoms with van der Waals surface area (Å²) in [6, 6.07) is 0.461. The SMILES string of the molecule is CCNC1CCCCCCCCCCC1S(=O)C(C)C. The van der Waals surface area contributed by atoms with E-state index < -0.39 is 10.8 Å². The van der Waals surface area contributed by atoms with Crippen LogP contribution in [0.2, 0.25) is 0 Å². The molecule has 2 nitrogen and oxygen atoms in total. The van der Waals surface area contributed by atoms with Crippen LogP contribution in [0.1, 0.15) is 85.0 Å². The fourth-order valence-electron chi connectivity index (χ4n) is 3.28. The van der Waals surface area contributed by atoms with Gasteiger partial charge in [0.25, 0.3) is 0 Å². The highest BCUT2D eigenvalue weighted by atomic mass is 32.2. The summed E-state index contributed by atoms with van der Waals surface area (Å²) in [4.78, 5) is 0. The first-order valence-corrected chi connectivity index (χ1v) is 10.1. The van der Waals surface area contributed by atoms with Crippen LogP contribution in [0, 0.1) is 0 Å². The molecule has 1 N–H and O–H groups in total. The van der Waals surface area contributed by atoms with E-state index in [0.29, 0.717) is 11.3 Å².